The van der Waals surface area contributed by atoms with E-state index in [1.807, 2.05) is 38.1 Å². The summed E-state index contributed by atoms with van der Waals surface area (Å²) < 4.78 is 6.84. The molecule has 0 radical (unpaired) electrons. The van der Waals surface area contributed by atoms with E-state index in [-0.39, 0.29) is 6.61 Å². The molecule has 0 spiro atoms. The van der Waals surface area contributed by atoms with Crippen LogP contribution in [0.4, 0.5) is 0 Å². The standard InChI is InChI=1S/C14H14BrNO2/c1-9-5-12(3-4-13(9)15)18-14-6-10(2)16-7-11(14)8-17/h3-7,17H,8H2,1-2H3. The van der Waals surface area contributed by atoms with Crippen LogP contribution in [0.15, 0.2) is 34.9 Å². The summed E-state index contributed by atoms with van der Waals surface area (Å²) in [5.41, 5.74) is 2.64. The minimum Gasteiger partial charge on any atom is -0.457 e. The monoisotopic (exact) mass is 307 g/mol. The van der Waals surface area contributed by atoms with Crippen LogP contribution in [0.2, 0.25) is 0 Å². The van der Waals surface area contributed by atoms with Gasteiger partial charge < -0.3 is 9.84 Å². The van der Waals surface area contributed by atoms with E-state index in [1.54, 1.807) is 6.20 Å². The molecule has 2 aromatic rings. The summed E-state index contributed by atoms with van der Waals surface area (Å²) in [6.45, 7) is 3.81. The Balaban J connectivity index is 2.33. The van der Waals surface area contributed by atoms with E-state index in [0.29, 0.717) is 11.3 Å². The summed E-state index contributed by atoms with van der Waals surface area (Å²) in [7, 11) is 0. The first-order chi connectivity index (χ1) is 8.60. The third-order valence-electron chi connectivity index (χ3n) is 2.61. The number of hydrogen-bond donors (Lipinski definition) is 1. The number of benzene rings is 1. The molecule has 0 aliphatic carbocycles. The highest BCUT2D eigenvalue weighted by molar-refractivity contribution is 9.10. The maximum atomic E-state index is 9.26. The fraction of sp³-hybridized carbons (Fsp3) is 0.214. The fourth-order valence-corrected chi connectivity index (χ4v) is 1.83. The summed E-state index contributed by atoms with van der Waals surface area (Å²) in [5, 5.41) is 9.26. The van der Waals surface area contributed by atoms with E-state index in [2.05, 4.69) is 20.9 Å². The number of ether oxygens (including phenoxy) is 1. The van der Waals surface area contributed by atoms with Gasteiger partial charge >= 0.3 is 0 Å². The van der Waals surface area contributed by atoms with Crippen LogP contribution in [0.5, 0.6) is 11.5 Å². The van der Waals surface area contributed by atoms with Crippen molar-refractivity contribution in [2.45, 2.75) is 20.5 Å². The van der Waals surface area contributed by atoms with Gasteiger partial charge in [0.05, 0.1) is 6.61 Å². The topological polar surface area (TPSA) is 42.4 Å². The number of aliphatic hydroxyl groups is 1. The molecule has 1 heterocycles. The van der Waals surface area contributed by atoms with Crippen molar-refractivity contribution in [2.75, 3.05) is 0 Å². The molecular formula is C14H14BrNO2. The number of aryl methyl sites for hydroxylation is 2. The highest BCUT2D eigenvalue weighted by Gasteiger charge is 2.06. The van der Waals surface area contributed by atoms with Gasteiger partial charge in [-0.3, -0.25) is 4.98 Å². The molecule has 0 atom stereocenters. The van der Waals surface area contributed by atoms with Crippen molar-refractivity contribution < 1.29 is 9.84 Å². The Hall–Kier alpha value is -1.39. The first-order valence-electron chi connectivity index (χ1n) is 5.60. The first kappa shape index (κ1) is 13.1. The molecular weight excluding hydrogens is 294 g/mol. The van der Waals surface area contributed by atoms with Crippen molar-refractivity contribution in [1.82, 2.24) is 4.98 Å². The van der Waals surface area contributed by atoms with Gasteiger partial charge in [0.25, 0.3) is 0 Å². The molecule has 4 heteroatoms. The number of rotatable bonds is 3. The molecule has 0 saturated heterocycles. The van der Waals surface area contributed by atoms with Crippen molar-refractivity contribution in [2.24, 2.45) is 0 Å². The lowest BCUT2D eigenvalue weighted by Crippen LogP contribution is -1.95. The Kier molecular flexibility index (Phi) is 3.99. The van der Waals surface area contributed by atoms with Crippen LogP contribution in [0.25, 0.3) is 0 Å². The Morgan fingerprint density at radius 3 is 2.72 bits per heavy atom. The normalized spacial score (nSPS) is 10.4. The maximum absolute atomic E-state index is 9.26. The van der Waals surface area contributed by atoms with Gasteiger partial charge in [-0.1, -0.05) is 15.9 Å². The molecule has 0 amide bonds. The van der Waals surface area contributed by atoms with Gasteiger partial charge in [-0.05, 0) is 37.6 Å². The fourth-order valence-electron chi connectivity index (χ4n) is 1.58. The van der Waals surface area contributed by atoms with Crippen molar-refractivity contribution in [3.63, 3.8) is 0 Å². The van der Waals surface area contributed by atoms with Crippen LogP contribution in [0.3, 0.4) is 0 Å². The molecule has 0 aliphatic rings. The predicted molar refractivity (Wildman–Crippen MR) is 73.8 cm³/mol. The summed E-state index contributed by atoms with van der Waals surface area (Å²) in [6.07, 6.45) is 1.64. The molecule has 0 fully saturated rings. The molecule has 3 nitrogen and oxygen atoms in total. The quantitative estimate of drug-likeness (QED) is 0.939. The predicted octanol–water partition coefficient (Wildman–Crippen LogP) is 3.75. The molecule has 0 aliphatic heterocycles. The lowest BCUT2D eigenvalue weighted by atomic mass is 10.2. The number of nitrogens with zero attached hydrogens (tertiary/aromatic N) is 1. The van der Waals surface area contributed by atoms with Gasteiger partial charge in [0, 0.05) is 28.0 Å². The number of hydrogen-bond acceptors (Lipinski definition) is 3. The zero-order valence-electron chi connectivity index (χ0n) is 10.3. The summed E-state index contributed by atoms with van der Waals surface area (Å²) in [4.78, 5) is 4.14. The second-order valence-corrected chi connectivity index (χ2v) is 4.96. The SMILES string of the molecule is Cc1cc(Oc2ccc(Br)c(C)c2)c(CO)cn1. The van der Waals surface area contributed by atoms with Crippen LogP contribution in [-0.2, 0) is 6.61 Å². The molecule has 0 unspecified atom stereocenters. The number of pyridine rings is 1. The molecule has 0 bridgehead atoms. The molecule has 1 aromatic heterocycles. The number of aliphatic hydroxyl groups excluding tert-OH is 1. The zero-order chi connectivity index (χ0) is 13.1. The largest absolute Gasteiger partial charge is 0.457 e. The van der Waals surface area contributed by atoms with Crippen molar-refractivity contribution >= 4 is 15.9 Å². The van der Waals surface area contributed by atoms with Gasteiger partial charge in [0.15, 0.2) is 0 Å². The van der Waals surface area contributed by atoms with Gasteiger partial charge in [0.2, 0.25) is 0 Å². The van der Waals surface area contributed by atoms with Crippen LogP contribution >= 0.6 is 15.9 Å². The number of halogens is 1. The van der Waals surface area contributed by atoms with Crippen LogP contribution < -0.4 is 4.74 Å². The summed E-state index contributed by atoms with van der Waals surface area (Å²) >= 11 is 3.45. The Morgan fingerprint density at radius 1 is 1.28 bits per heavy atom. The van der Waals surface area contributed by atoms with E-state index >= 15 is 0 Å². The molecule has 1 N–H and O–H groups in total. The zero-order valence-corrected chi connectivity index (χ0v) is 11.9. The first-order valence-corrected chi connectivity index (χ1v) is 6.40. The average Bonchev–Trinajstić information content (AvgIpc) is 2.34. The smallest absolute Gasteiger partial charge is 0.136 e. The van der Waals surface area contributed by atoms with Crippen molar-refractivity contribution in [3.05, 3.63) is 51.8 Å². The van der Waals surface area contributed by atoms with E-state index in [1.165, 1.54) is 0 Å². The van der Waals surface area contributed by atoms with Crippen LogP contribution in [0, 0.1) is 13.8 Å². The minimum absolute atomic E-state index is 0.0852. The Labute approximate surface area is 115 Å². The highest BCUT2D eigenvalue weighted by Crippen LogP contribution is 2.28. The third-order valence-corrected chi connectivity index (χ3v) is 3.50. The van der Waals surface area contributed by atoms with Gasteiger partial charge in [-0.15, -0.1) is 0 Å². The lowest BCUT2D eigenvalue weighted by molar-refractivity contribution is 0.276. The molecule has 18 heavy (non-hydrogen) atoms. The third kappa shape index (κ3) is 2.89. The van der Waals surface area contributed by atoms with E-state index < -0.39 is 0 Å². The van der Waals surface area contributed by atoms with Crippen LogP contribution in [-0.4, -0.2) is 10.1 Å². The number of aromatic nitrogens is 1. The summed E-state index contributed by atoms with van der Waals surface area (Å²) in [6, 6.07) is 7.59. The maximum Gasteiger partial charge on any atom is 0.136 e. The second kappa shape index (κ2) is 5.50. The second-order valence-electron chi connectivity index (χ2n) is 4.10. The minimum atomic E-state index is -0.0852. The van der Waals surface area contributed by atoms with E-state index in [9.17, 15) is 5.11 Å². The van der Waals surface area contributed by atoms with Crippen molar-refractivity contribution in [1.29, 1.82) is 0 Å². The molecule has 0 saturated carbocycles. The van der Waals surface area contributed by atoms with Gasteiger partial charge in [0.1, 0.15) is 11.5 Å². The van der Waals surface area contributed by atoms with Gasteiger partial charge in [-0.2, -0.15) is 0 Å². The lowest BCUT2D eigenvalue weighted by Gasteiger charge is -2.11. The molecule has 1 aromatic carbocycles. The van der Waals surface area contributed by atoms with Crippen LogP contribution in [0.1, 0.15) is 16.8 Å². The molecule has 2 rings (SSSR count). The molecule has 94 valence electrons. The Bertz CT molecular complexity index is 570. The van der Waals surface area contributed by atoms with Crippen molar-refractivity contribution in [3.8, 4) is 11.5 Å². The average molecular weight is 308 g/mol. The Morgan fingerprint density at radius 2 is 2.06 bits per heavy atom. The van der Waals surface area contributed by atoms with Gasteiger partial charge in [-0.25, -0.2) is 0 Å². The summed E-state index contributed by atoms with van der Waals surface area (Å²) in [5.74, 6) is 1.39. The highest BCUT2D eigenvalue weighted by atomic mass is 79.9. The van der Waals surface area contributed by atoms with E-state index in [0.717, 1.165) is 21.5 Å². The van der Waals surface area contributed by atoms with E-state index in [4.69, 9.17) is 4.74 Å².